The number of aromatic nitrogens is 1. The first-order valence-electron chi connectivity index (χ1n) is 8.58. The number of hydrogen-bond acceptors (Lipinski definition) is 3. The molecule has 0 spiro atoms. The van der Waals surface area contributed by atoms with E-state index >= 15 is 0 Å². The summed E-state index contributed by atoms with van der Waals surface area (Å²) in [7, 11) is 0. The lowest BCUT2D eigenvalue weighted by Gasteiger charge is -2.32. The van der Waals surface area contributed by atoms with E-state index in [2.05, 4.69) is 10.3 Å². The van der Waals surface area contributed by atoms with E-state index in [0.717, 1.165) is 5.56 Å². The first kappa shape index (κ1) is 17.7. The van der Waals surface area contributed by atoms with Gasteiger partial charge >= 0.3 is 12.0 Å². The van der Waals surface area contributed by atoms with Gasteiger partial charge < -0.3 is 20.3 Å². The molecule has 2 heterocycles. The highest BCUT2D eigenvalue weighted by Crippen LogP contribution is 2.30. The van der Waals surface area contributed by atoms with E-state index < -0.39 is 5.97 Å². The van der Waals surface area contributed by atoms with Crippen LogP contribution in [0.3, 0.4) is 0 Å². The number of nitrogens with one attached hydrogen (secondary N) is 2. The quantitative estimate of drug-likeness (QED) is 0.782. The number of rotatable bonds is 4. The van der Waals surface area contributed by atoms with Crippen LogP contribution in [0.4, 0.5) is 4.79 Å². The van der Waals surface area contributed by atoms with Crippen LogP contribution < -0.4 is 10.9 Å². The molecule has 0 atom stereocenters. The van der Waals surface area contributed by atoms with E-state index in [-0.39, 0.29) is 24.1 Å². The number of nitrogens with zero attached hydrogens (tertiary/aromatic N) is 1. The molecule has 0 radical (unpaired) electrons. The van der Waals surface area contributed by atoms with Crippen molar-refractivity contribution in [3.63, 3.8) is 0 Å². The Morgan fingerprint density at radius 2 is 1.88 bits per heavy atom. The summed E-state index contributed by atoms with van der Waals surface area (Å²) < 4.78 is 0. The van der Waals surface area contributed by atoms with Gasteiger partial charge in [0.25, 0.3) is 5.56 Å². The molecule has 1 aromatic carbocycles. The fourth-order valence-electron chi connectivity index (χ4n) is 3.32. The predicted molar refractivity (Wildman–Crippen MR) is 96.2 cm³/mol. The van der Waals surface area contributed by atoms with Gasteiger partial charge in [-0.3, -0.25) is 4.79 Å². The molecule has 1 fully saturated rings. The number of likely N-dealkylation sites (tertiary alicyclic amines) is 1. The zero-order valence-corrected chi connectivity index (χ0v) is 14.3. The Balaban J connectivity index is 1.57. The van der Waals surface area contributed by atoms with E-state index in [1.807, 2.05) is 12.1 Å². The molecule has 7 heteroatoms. The fraction of sp³-hybridized carbons (Fsp3) is 0.316. The van der Waals surface area contributed by atoms with E-state index in [0.29, 0.717) is 37.1 Å². The van der Waals surface area contributed by atoms with Gasteiger partial charge in [0.15, 0.2) is 0 Å². The van der Waals surface area contributed by atoms with Crippen LogP contribution in [-0.4, -0.2) is 40.1 Å². The van der Waals surface area contributed by atoms with Crippen molar-refractivity contribution in [1.29, 1.82) is 0 Å². The molecule has 136 valence electrons. The van der Waals surface area contributed by atoms with Gasteiger partial charge in [0.05, 0.1) is 5.56 Å². The lowest BCUT2D eigenvalue weighted by atomic mass is 9.86. The number of carbonyl (C=O) groups is 2. The number of carboxylic acid groups (broad SMARTS) is 1. The molecule has 1 aliphatic heterocycles. The van der Waals surface area contributed by atoms with Crippen molar-refractivity contribution in [3.8, 4) is 0 Å². The first-order valence-corrected chi connectivity index (χ1v) is 8.58. The normalized spacial score (nSPS) is 14.8. The van der Waals surface area contributed by atoms with E-state index in [4.69, 9.17) is 0 Å². The molecule has 1 aromatic heterocycles. The highest BCUT2D eigenvalue weighted by Gasteiger charge is 2.26. The fourth-order valence-corrected chi connectivity index (χ4v) is 3.32. The van der Waals surface area contributed by atoms with Crippen molar-refractivity contribution < 1.29 is 14.7 Å². The lowest BCUT2D eigenvalue weighted by Crippen LogP contribution is -2.44. The zero-order valence-electron chi connectivity index (χ0n) is 14.3. The molecule has 3 N–H and O–H groups in total. The maximum atomic E-state index is 12.3. The molecule has 0 saturated carbocycles. The number of amides is 2. The summed E-state index contributed by atoms with van der Waals surface area (Å²) in [5, 5.41) is 12.1. The smallest absolute Gasteiger partial charge is 0.335 e. The van der Waals surface area contributed by atoms with Gasteiger partial charge in [-0.1, -0.05) is 24.3 Å². The average molecular weight is 355 g/mol. The summed E-state index contributed by atoms with van der Waals surface area (Å²) in [5.41, 5.74) is 1.46. The van der Waals surface area contributed by atoms with Gasteiger partial charge in [-0.05, 0) is 36.5 Å². The Kier molecular flexibility index (Phi) is 5.36. The first-order chi connectivity index (χ1) is 12.6. The van der Waals surface area contributed by atoms with Gasteiger partial charge in [0.1, 0.15) is 0 Å². The van der Waals surface area contributed by atoms with E-state index in [1.54, 1.807) is 35.4 Å². The third-order valence-corrected chi connectivity index (χ3v) is 4.74. The molecule has 2 aromatic rings. The second kappa shape index (κ2) is 7.86. The number of urea groups is 1. The Hall–Kier alpha value is -3.09. The number of aromatic amines is 1. The number of hydrogen-bond donors (Lipinski definition) is 3. The van der Waals surface area contributed by atoms with Crippen LogP contribution in [0.2, 0.25) is 0 Å². The maximum Gasteiger partial charge on any atom is 0.335 e. The molecule has 1 saturated heterocycles. The van der Waals surface area contributed by atoms with Gasteiger partial charge in [0.2, 0.25) is 0 Å². The Bertz CT molecular complexity index is 854. The zero-order chi connectivity index (χ0) is 18.5. The second-order valence-electron chi connectivity index (χ2n) is 6.34. The van der Waals surface area contributed by atoms with Crippen molar-refractivity contribution in [2.45, 2.75) is 25.3 Å². The molecule has 0 bridgehead atoms. The van der Waals surface area contributed by atoms with Crippen LogP contribution in [0.25, 0.3) is 0 Å². The third-order valence-electron chi connectivity index (χ3n) is 4.74. The molecular weight excluding hydrogens is 334 g/mol. The summed E-state index contributed by atoms with van der Waals surface area (Å²) in [6, 6.07) is 10.2. The average Bonchev–Trinajstić information content (AvgIpc) is 2.67. The van der Waals surface area contributed by atoms with Crippen LogP contribution >= 0.6 is 0 Å². The SMILES string of the molecule is O=C(O)c1ccccc1C1CCN(C(=O)NCc2ccc[nH]c2=O)CC1. The second-order valence-corrected chi connectivity index (χ2v) is 6.34. The molecule has 7 nitrogen and oxygen atoms in total. The molecular formula is C19H21N3O4. The summed E-state index contributed by atoms with van der Waals surface area (Å²) in [6.07, 6.45) is 2.97. The molecule has 0 unspecified atom stereocenters. The number of H-pyrrole nitrogens is 1. The van der Waals surface area contributed by atoms with Gasteiger partial charge in [-0.2, -0.15) is 0 Å². The van der Waals surface area contributed by atoms with Crippen molar-refractivity contribution in [2.75, 3.05) is 13.1 Å². The topological polar surface area (TPSA) is 102 Å². The highest BCUT2D eigenvalue weighted by molar-refractivity contribution is 5.89. The maximum absolute atomic E-state index is 12.3. The minimum absolute atomic E-state index is 0.128. The number of aromatic carboxylic acids is 1. The van der Waals surface area contributed by atoms with Crippen LogP contribution in [0, 0.1) is 0 Å². The molecule has 26 heavy (non-hydrogen) atoms. The summed E-state index contributed by atoms with van der Waals surface area (Å²) in [4.78, 5) is 39.6. The van der Waals surface area contributed by atoms with Crippen LogP contribution in [-0.2, 0) is 6.54 Å². The van der Waals surface area contributed by atoms with Crippen molar-refractivity contribution >= 4 is 12.0 Å². The minimum atomic E-state index is -0.922. The summed E-state index contributed by atoms with van der Waals surface area (Å²) in [5.74, 6) is -0.794. The molecule has 0 aliphatic carbocycles. The number of pyridine rings is 1. The number of benzene rings is 1. The van der Waals surface area contributed by atoms with Crippen LogP contribution in [0.5, 0.6) is 0 Å². The van der Waals surface area contributed by atoms with Crippen molar-refractivity contribution in [2.24, 2.45) is 0 Å². The molecule has 1 aliphatic rings. The van der Waals surface area contributed by atoms with Gasteiger partial charge in [-0.15, -0.1) is 0 Å². The highest BCUT2D eigenvalue weighted by atomic mass is 16.4. The number of piperidine rings is 1. The van der Waals surface area contributed by atoms with E-state index in [9.17, 15) is 19.5 Å². The van der Waals surface area contributed by atoms with Crippen molar-refractivity contribution in [3.05, 3.63) is 69.6 Å². The minimum Gasteiger partial charge on any atom is -0.478 e. The van der Waals surface area contributed by atoms with Gasteiger partial charge in [-0.25, -0.2) is 9.59 Å². The molecule has 3 rings (SSSR count). The third kappa shape index (κ3) is 3.93. The van der Waals surface area contributed by atoms with Gasteiger partial charge in [0, 0.05) is 31.4 Å². The largest absolute Gasteiger partial charge is 0.478 e. The lowest BCUT2D eigenvalue weighted by molar-refractivity contribution is 0.0694. The Labute approximate surface area is 150 Å². The Morgan fingerprint density at radius 1 is 1.15 bits per heavy atom. The predicted octanol–water partition coefficient (Wildman–Crippen LogP) is 2.16. The van der Waals surface area contributed by atoms with Crippen LogP contribution in [0.1, 0.15) is 40.2 Å². The van der Waals surface area contributed by atoms with Crippen molar-refractivity contribution in [1.82, 2.24) is 15.2 Å². The van der Waals surface area contributed by atoms with E-state index in [1.165, 1.54) is 0 Å². The molecule has 2 amide bonds. The van der Waals surface area contributed by atoms with Crippen LogP contribution in [0.15, 0.2) is 47.4 Å². The Morgan fingerprint density at radius 3 is 2.58 bits per heavy atom. The monoisotopic (exact) mass is 355 g/mol. The summed E-state index contributed by atoms with van der Waals surface area (Å²) in [6.45, 7) is 1.28. The number of carbonyl (C=O) groups excluding carboxylic acids is 1. The summed E-state index contributed by atoms with van der Waals surface area (Å²) >= 11 is 0. The standard InChI is InChI=1S/C19H21N3O4/c23-17-14(4-3-9-20-17)12-21-19(26)22-10-7-13(8-11-22)15-5-1-2-6-16(15)18(24)25/h1-6,9,13H,7-8,10-12H2,(H,20,23)(H,21,26)(H,24,25). The number of carboxylic acids is 1.